The number of aromatic nitrogens is 2. The Labute approximate surface area is 182 Å². The highest BCUT2D eigenvalue weighted by Gasteiger charge is 2.30. The summed E-state index contributed by atoms with van der Waals surface area (Å²) in [7, 11) is 4.10. The Bertz CT molecular complexity index is 1370. The zero-order valence-electron chi connectivity index (χ0n) is 18.4. The average Bonchev–Trinajstić information content (AvgIpc) is 3.26. The number of benzene rings is 3. The Kier molecular flexibility index (Phi) is 4.55. The zero-order valence-corrected chi connectivity index (χ0v) is 18.4. The molecule has 5 aromatic rings. The van der Waals surface area contributed by atoms with Crippen LogP contribution in [0.1, 0.15) is 38.5 Å². The molecular formula is C28H26N2O. The number of carbonyl (C=O) groups is 1. The van der Waals surface area contributed by atoms with Crippen LogP contribution in [0.25, 0.3) is 21.8 Å². The summed E-state index contributed by atoms with van der Waals surface area (Å²) >= 11 is 0. The van der Waals surface area contributed by atoms with E-state index in [0.29, 0.717) is 0 Å². The molecule has 0 aliphatic heterocycles. The lowest BCUT2D eigenvalue weighted by molar-refractivity contribution is 0.0974. The molecule has 0 aliphatic rings. The Hall–Kier alpha value is -3.59. The standard InChI is InChI=1S/C28H26N2O/c1-18-13-14-20(19(2)15-18)28(31)27(23-16-29(3)25-11-7-5-9-21(23)25)24-17-30(4)26-12-8-6-10-22(24)26/h5-17,27H,1-4H3. The number of hydrogen-bond acceptors (Lipinski definition) is 1. The van der Waals surface area contributed by atoms with Crippen molar-refractivity contribution in [3.8, 4) is 0 Å². The predicted octanol–water partition coefficient (Wildman–Crippen LogP) is 6.30. The van der Waals surface area contributed by atoms with Crippen molar-refractivity contribution in [1.82, 2.24) is 9.13 Å². The normalized spacial score (nSPS) is 11.6. The molecule has 31 heavy (non-hydrogen) atoms. The monoisotopic (exact) mass is 406 g/mol. The molecule has 3 nitrogen and oxygen atoms in total. The van der Waals surface area contributed by atoms with Crippen molar-refractivity contribution in [3.63, 3.8) is 0 Å². The van der Waals surface area contributed by atoms with Crippen LogP contribution in [-0.2, 0) is 14.1 Å². The first-order chi connectivity index (χ1) is 15.0. The van der Waals surface area contributed by atoms with Crippen LogP contribution in [0.15, 0.2) is 79.1 Å². The van der Waals surface area contributed by atoms with Gasteiger partial charge in [0.2, 0.25) is 0 Å². The molecule has 0 saturated carbocycles. The van der Waals surface area contributed by atoms with Gasteiger partial charge in [0.05, 0.1) is 5.92 Å². The van der Waals surface area contributed by atoms with Gasteiger partial charge in [-0.3, -0.25) is 4.79 Å². The van der Waals surface area contributed by atoms with Gasteiger partial charge in [0.25, 0.3) is 0 Å². The molecule has 0 saturated heterocycles. The maximum atomic E-state index is 14.2. The molecule has 0 radical (unpaired) electrons. The molecule has 0 atom stereocenters. The summed E-state index contributed by atoms with van der Waals surface area (Å²) in [4.78, 5) is 14.2. The van der Waals surface area contributed by atoms with E-state index in [1.54, 1.807) is 0 Å². The van der Waals surface area contributed by atoms with Gasteiger partial charge in [-0.05, 0) is 42.7 Å². The summed E-state index contributed by atoms with van der Waals surface area (Å²) < 4.78 is 4.25. The summed E-state index contributed by atoms with van der Waals surface area (Å²) in [6.07, 6.45) is 4.25. The molecule has 0 bridgehead atoms. The first-order valence-electron chi connectivity index (χ1n) is 10.6. The van der Waals surface area contributed by atoms with Gasteiger partial charge in [0, 0.05) is 53.9 Å². The number of para-hydroxylation sites is 2. The molecule has 3 aromatic carbocycles. The summed E-state index contributed by atoms with van der Waals surface area (Å²) in [5.74, 6) is -0.233. The van der Waals surface area contributed by atoms with Crippen LogP contribution >= 0.6 is 0 Å². The van der Waals surface area contributed by atoms with Crippen molar-refractivity contribution < 1.29 is 4.79 Å². The number of aryl methyl sites for hydroxylation is 4. The molecule has 5 rings (SSSR count). The molecule has 0 fully saturated rings. The van der Waals surface area contributed by atoms with Crippen molar-refractivity contribution in [2.45, 2.75) is 19.8 Å². The van der Waals surface area contributed by atoms with Crippen LogP contribution in [0.3, 0.4) is 0 Å². The third-order valence-electron chi connectivity index (χ3n) is 6.39. The van der Waals surface area contributed by atoms with Gasteiger partial charge in [0.1, 0.15) is 0 Å². The summed E-state index contributed by atoms with van der Waals surface area (Å²) in [6, 6.07) is 22.8. The minimum absolute atomic E-state index is 0.144. The molecule has 2 heterocycles. The van der Waals surface area contributed by atoms with Gasteiger partial charge in [-0.2, -0.15) is 0 Å². The first-order valence-corrected chi connectivity index (χ1v) is 10.6. The molecule has 0 unspecified atom stereocenters. The molecule has 3 heteroatoms. The number of nitrogens with zero attached hydrogens (tertiary/aromatic N) is 2. The quantitative estimate of drug-likeness (QED) is 0.322. The smallest absolute Gasteiger partial charge is 0.175 e. The maximum absolute atomic E-state index is 14.2. The Morgan fingerprint density at radius 2 is 1.26 bits per heavy atom. The fourth-order valence-corrected chi connectivity index (χ4v) is 4.90. The molecule has 0 amide bonds. The van der Waals surface area contributed by atoms with Crippen LogP contribution in [0.2, 0.25) is 0 Å². The molecule has 0 aliphatic carbocycles. The Morgan fingerprint density at radius 3 is 1.77 bits per heavy atom. The van der Waals surface area contributed by atoms with E-state index >= 15 is 0 Å². The van der Waals surface area contributed by atoms with Crippen molar-refractivity contribution in [3.05, 3.63) is 107 Å². The highest BCUT2D eigenvalue weighted by atomic mass is 16.1. The van der Waals surface area contributed by atoms with Gasteiger partial charge in [0.15, 0.2) is 5.78 Å². The second-order valence-corrected chi connectivity index (χ2v) is 8.54. The maximum Gasteiger partial charge on any atom is 0.175 e. The van der Waals surface area contributed by atoms with E-state index in [9.17, 15) is 4.79 Å². The lowest BCUT2D eigenvalue weighted by atomic mass is 9.83. The van der Waals surface area contributed by atoms with Crippen molar-refractivity contribution in [2.24, 2.45) is 14.1 Å². The molecule has 2 aromatic heterocycles. The van der Waals surface area contributed by atoms with Gasteiger partial charge in [-0.1, -0.05) is 60.2 Å². The fraction of sp³-hybridized carbons (Fsp3) is 0.179. The van der Waals surface area contributed by atoms with E-state index in [-0.39, 0.29) is 11.7 Å². The minimum atomic E-state index is -0.376. The van der Waals surface area contributed by atoms with Crippen molar-refractivity contribution >= 4 is 27.6 Å². The predicted molar refractivity (Wildman–Crippen MR) is 128 cm³/mol. The van der Waals surface area contributed by atoms with E-state index in [1.807, 2.05) is 57.4 Å². The average molecular weight is 407 g/mol. The van der Waals surface area contributed by atoms with Crippen LogP contribution in [0.5, 0.6) is 0 Å². The van der Waals surface area contributed by atoms with Crippen molar-refractivity contribution in [2.75, 3.05) is 0 Å². The van der Waals surface area contributed by atoms with Gasteiger partial charge in [-0.15, -0.1) is 0 Å². The lowest BCUT2D eigenvalue weighted by Gasteiger charge is -2.17. The summed E-state index contributed by atoms with van der Waals surface area (Å²) in [5.41, 5.74) is 7.36. The zero-order chi connectivity index (χ0) is 21.7. The first kappa shape index (κ1) is 19.4. The summed E-state index contributed by atoms with van der Waals surface area (Å²) in [5, 5.41) is 2.25. The largest absolute Gasteiger partial charge is 0.350 e. The number of Topliss-reactive ketones (excluding diaryl/α,β-unsaturated/α-hetero) is 1. The molecular weight excluding hydrogens is 380 g/mol. The molecule has 0 spiro atoms. The van der Waals surface area contributed by atoms with Crippen LogP contribution in [-0.4, -0.2) is 14.9 Å². The third kappa shape index (κ3) is 3.09. The van der Waals surface area contributed by atoms with E-state index in [1.165, 1.54) is 5.56 Å². The highest BCUT2D eigenvalue weighted by molar-refractivity contribution is 6.08. The van der Waals surface area contributed by atoms with Gasteiger partial charge < -0.3 is 9.13 Å². The number of fused-ring (bicyclic) bond motifs is 2. The number of hydrogen-bond donors (Lipinski definition) is 0. The third-order valence-corrected chi connectivity index (χ3v) is 6.39. The molecule has 154 valence electrons. The lowest BCUT2D eigenvalue weighted by Crippen LogP contribution is -2.15. The topological polar surface area (TPSA) is 26.9 Å². The second kappa shape index (κ2) is 7.28. The highest BCUT2D eigenvalue weighted by Crippen LogP contribution is 2.38. The van der Waals surface area contributed by atoms with E-state index in [2.05, 4.69) is 58.8 Å². The number of ketones is 1. The molecule has 0 N–H and O–H groups in total. The Balaban J connectivity index is 1.81. The van der Waals surface area contributed by atoms with E-state index in [4.69, 9.17) is 0 Å². The summed E-state index contributed by atoms with van der Waals surface area (Å²) in [6.45, 7) is 4.09. The second-order valence-electron chi connectivity index (χ2n) is 8.54. The van der Waals surface area contributed by atoms with Crippen LogP contribution in [0.4, 0.5) is 0 Å². The van der Waals surface area contributed by atoms with Crippen LogP contribution in [0, 0.1) is 13.8 Å². The van der Waals surface area contributed by atoms with E-state index in [0.717, 1.165) is 44.1 Å². The van der Waals surface area contributed by atoms with E-state index < -0.39 is 0 Å². The minimum Gasteiger partial charge on any atom is -0.350 e. The van der Waals surface area contributed by atoms with Gasteiger partial charge in [-0.25, -0.2) is 0 Å². The SMILES string of the molecule is Cc1ccc(C(=O)C(c2cn(C)c3ccccc23)c2cn(C)c3ccccc23)c(C)c1. The Morgan fingerprint density at radius 1 is 0.742 bits per heavy atom. The fourth-order valence-electron chi connectivity index (χ4n) is 4.90. The van der Waals surface area contributed by atoms with Gasteiger partial charge >= 0.3 is 0 Å². The van der Waals surface area contributed by atoms with Crippen LogP contribution < -0.4 is 0 Å². The number of carbonyl (C=O) groups excluding carboxylic acids is 1. The van der Waals surface area contributed by atoms with Crippen molar-refractivity contribution in [1.29, 1.82) is 0 Å². The number of rotatable bonds is 4.